The van der Waals surface area contributed by atoms with Crippen LogP contribution < -0.4 is 0 Å². The van der Waals surface area contributed by atoms with Gasteiger partial charge in [0.15, 0.2) is 0 Å². The first-order valence-corrected chi connectivity index (χ1v) is 1.84. The third kappa shape index (κ3) is 2.60. The summed E-state index contributed by atoms with van der Waals surface area (Å²) in [7, 11) is 0. The SMILES string of the molecule is C#C/C(C)=C/C#N. The van der Waals surface area contributed by atoms with Crippen LogP contribution in [0.15, 0.2) is 11.6 Å². The molecule has 0 aliphatic heterocycles. The Kier molecular flexibility index (Phi) is 2.48. The predicted molar refractivity (Wildman–Crippen MR) is 28.2 cm³/mol. The van der Waals surface area contributed by atoms with Gasteiger partial charge in [0.25, 0.3) is 0 Å². The third-order valence-corrected chi connectivity index (χ3v) is 0.509. The normalized spacial score (nSPS) is 9.29. The van der Waals surface area contributed by atoms with Crippen molar-refractivity contribution < 1.29 is 0 Å². The van der Waals surface area contributed by atoms with Gasteiger partial charge in [0.2, 0.25) is 0 Å². The number of nitriles is 1. The van der Waals surface area contributed by atoms with Gasteiger partial charge in [-0.3, -0.25) is 0 Å². The number of nitrogens with zero attached hydrogens (tertiary/aromatic N) is 1. The molecule has 34 valence electrons. The van der Waals surface area contributed by atoms with E-state index in [1.807, 2.05) is 6.07 Å². The standard InChI is InChI=1S/C6H5N/c1-3-6(2)4-5-7/h1,4H,2H3/b6-4+. The van der Waals surface area contributed by atoms with E-state index in [1.165, 1.54) is 6.08 Å². The van der Waals surface area contributed by atoms with Crippen molar-refractivity contribution in [3.63, 3.8) is 0 Å². The quantitative estimate of drug-likeness (QED) is 0.323. The van der Waals surface area contributed by atoms with Crippen molar-refractivity contribution in [2.24, 2.45) is 0 Å². The van der Waals surface area contributed by atoms with E-state index in [9.17, 15) is 0 Å². The molecule has 0 rings (SSSR count). The highest BCUT2D eigenvalue weighted by Crippen LogP contribution is 1.83. The Morgan fingerprint density at radius 1 is 1.86 bits per heavy atom. The second-order valence-corrected chi connectivity index (χ2v) is 1.10. The summed E-state index contributed by atoms with van der Waals surface area (Å²) >= 11 is 0. The topological polar surface area (TPSA) is 23.8 Å². The number of allylic oxidation sites excluding steroid dienone is 2. The van der Waals surface area contributed by atoms with Gasteiger partial charge in [0.05, 0.1) is 6.07 Å². The lowest BCUT2D eigenvalue weighted by Gasteiger charge is -1.72. The molecular formula is C6H5N. The van der Waals surface area contributed by atoms with Crippen LogP contribution in [0, 0.1) is 23.7 Å². The molecule has 0 N–H and O–H groups in total. The fourth-order valence-electron chi connectivity index (χ4n) is 0.138. The van der Waals surface area contributed by atoms with Crippen molar-refractivity contribution >= 4 is 0 Å². The monoisotopic (exact) mass is 91.0 g/mol. The van der Waals surface area contributed by atoms with E-state index in [0.717, 1.165) is 0 Å². The molecule has 0 aromatic heterocycles. The molecule has 0 aliphatic carbocycles. The molecule has 0 heterocycles. The van der Waals surface area contributed by atoms with Crippen LogP contribution >= 0.6 is 0 Å². The lowest BCUT2D eigenvalue weighted by molar-refractivity contribution is 1.50. The van der Waals surface area contributed by atoms with Crippen molar-refractivity contribution in [1.29, 1.82) is 5.26 Å². The number of terminal acetylenes is 1. The predicted octanol–water partition coefficient (Wildman–Crippen LogP) is 1.09. The number of hydrogen-bond acceptors (Lipinski definition) is 1. The van der Waals surface area contributed by atoms with Gasteiger partial charge < -0.3 is 0 Å². The first-order valence-electron chi connectivity index (χ1n) is 1.84. The summed E-state index contributed by atoms with van der Waals surface area (Å²) in [5.41, 5.74) is 0.669. The van der Waals surface area contributed by atoms with Crippen molar-refractivity contribution in [3.8, 4) is 18.4 Å². The van der Waals surface area contributed by atoms with Gasteiger partial charge in [0.1, 0.15) is 0 Å². The van der Waals surface area contributed by atoms with Crippen LogP contribution in [0.25, 0.3) is 0 Å². The molecule has 0 radical (unpaired) electrons. The molecule has 0 spiro atoms. The Morgan fingerprint density at radius 2 is 2.43 bits per heavy atom. The molecule has 0 unspecified atom stereocenters. The molecule has 0 saturated carbocycles. The summed E-state index contributed by atoms with van der Waals surface area (Å²) in [4.78, 5) is 0. The van der Waals surface area contributed by atoms with Gasteiger partial charge in [-0.1, -0.05) is 5.92 Å². The van der Waals surface area contributed by atoms with Crippen molar-refractivity contribution in [3.05, 3.63) is 11.6 Å². The zero-order valence-corrected chi connectivity index (χ0v) is 4.10. The lowest BCUT2D eigenvalue weighted by atomic mass is 10.3. The largest absolute Gasteiger partial charge is 0.193 e. The highest BCUT2D eigenvalue weighted by atomic mass is 14.2. The van der Waals surface area contributed by atoms with E-state index in [2.05, 4.69) is 5.92 Å². The highest BCUT2D eigenvalue weighted by Gasteiger charge is 1.71. The van der Waals surface area contributed by atoms with Crippen LogP contribution in [-0.2, 0) is 0 Å². The molecule has 0 aromatic rings. The maximum atomic E-state index is 7.95. The summed E-state index contributed by atoms with van der Waals surface area (Å²) in [5, 5.41) is 7.95. The second-order valence-electron chi connectivity index (χ2n) is 1.10. The fourth-order valence-corrected chi connectivity index (χ4v) is 0.138. The average molecular weight is 91.1 g/mol. The van der Waals surface area contributed by atoms with E-state index in [0.29, 0.717) is 5.57 Å². The molecule has 0 atom stereocenters. The third-order valence-electron chi connectivity index (χ3n) is 0.509. The lowest BCUT2D eigenvalue weighted by Crippen LogP contribution is -1.61. The highest BCUT2D eigenvalue weighted by molar-refractivity contribution is 5.27. The molecule has 7 heavy (non-hydrogen) atoms. The van der Waals surface area contributed by atoms with Crippen LogP contribution in [0.2, 0.25) is 0 Å². The Hall–Kier alpha value is -1.21. The van der Waals surface area contributed by atoms with Crippen LogP contribution in [0.1, 0.15) is 6.92 Å². The minimum Gasteiger partial charge on any atom is -0.193 e. The first-order chi connectivity index (χ1) is 3.31. The zero-order chi connectivity index (χ0) is 5.70. The summed E-state index contributed by atoms with van der Waals surface area (Å²) in [6.45, 7) is 1.71. The Bertz CT molecular complexity index is 152. The van der Waals surface area contributed by atoms with Crippen molar-refractivity contribution in [2.45, 2.75) is 6.92 Å². The molecular weight excluding hydrogens is 86.1 g/mol. The fraction of sp³-hybridized carbons (Fsp3) is 0.167. The summed E-state index contributed by atoms with van der Waals surface area (Å²) in [6, 6.07) is 1.81. The van der Waals surface area contributed by atoms with E-state index < -0.39 is 0 Å². The number of rotatable bonds is 0. The van der Waals surface area contributed by atoms with Crippen LogP contribution in [0.4, 0.5) is 0 Å². The Balaban J connectivity index is 3.89. The Morgan fingerprint density at radius 3 is 2.57 bits per heavy atom. The summed E-state index contributed by atoms with van der Waals surface area (Å²) < 4.78 is 0. The second kappa shape index (κ2) is 3.00. The van der Waals surface area contributed by atoms with Gasteiger partial charge in [-0.25, -0.2) is 0 Å². The molecule has 1 nitrogen and oxygen atoms in total. The molecule has 0 aromatic carbocycles. The van der Waals surface area contributed by atoms with Crippen LogP contribution in [-0.4, -0.2) is 0 Å². The smallest absolute Gasteiger partial charge is 0.0921 e. The average Bonchev–Trinajstić information content (AvgIpc) is 1.68. The first kappa shape index (κ1) is 5.79. The molecule has 0 fully saturated rings. The molecule has 0 amide bonds. The van der Waals surface area contributed by atoms with Gasteiger partial charge in [-0.2, -0.15) is 5.26 Å². The Labute approximate surface area is 43.3 Å². The van der Waals surface area contributed by atoms with Crippen molar-refractivity contribution in [1.82, 2.24) is 0 Å². The molecule has 0 bridgehead atoms. The van der Waals surface area contributed by atoms with E-state index >= 15 is 0 Å². The molecule has 0 aliphatic rings. The molecule has 1 heteroatoms. The maximum Gasteiger partial charge on any atom is 0.0921 e. The van der Waals surface area contributed by atoms with Gasteiger partial charge in [-0.05, 0) is 6.92 Å². The summed E-state index contributed by atoms with van der Waals surface area (Å²) in [5.74, 6) is 2.30. The minimum absolute atomic E-state index is 0.669. The van der Waals surface area contributed by atoms with E-state index in [-0.39, 0.29) is 0 Å². The van der Waals surface area contributed by atoms with Crippen LogP contribution in [0.5, 0.6) is 0 Å². The number of hydrogen-bond donors (Lipinski definition) is 0. The van der Waals surface area contributed by atoms with Gasteiger partial charge >= 0.3 is 0 Å². The van der Waals surface area contributed by atoms with E-state index in [1.54, 1.807) is 6.92 Å². The van der Waals surface area contributed by atoms with Gasteiger partial charge in [-0.15, -0.1) is 6.42 Å². The zero-order valence-electron chi connectivity index (χ0n) is 4.10. The van der Waals surface area contributed by atoms with Gasteiger partial charge in [0, 0.05) is 11.6 Å². The van der Waals surface area contributed by atoms with Crippen LogP contribution in [0.3, 0.4) is 0 Å². The van der Waals surface area contributed by atoms with E-state index in [4.69, 9.17) is 11.7 Å². The molecule has 0 saturated heterocycles. The van der Waals surface area contributed by atoms with Crippen molar-refractivity contribution in [2.75, 3.05) is 0 Å². The minimum atomic E-state index is 0.669. The maximum absolute atomic E-state index is 7.95. The summed E-state index contributed by atoms with van der Waals surface area (Å²) in [6.07, 6.45) is 6.22.